The largest absolute Gasteiger partial charge is 0.450 e. The van der Waals surface area contributed by atoms with Crippen molar-refractivity contribution in [2.24, 2.45) is 5.92 Å². The van der Waals surface area contributed by atoms with Gasteiger partial charge in [-0.15, -0.1) is 12.4 Å². The highest BCUT2D eigenvalue weighted by Gasteiger charge is 2.30. The third-order valence-electron chi connectivity index (χ3n) is 1.27. The number of hydrogen-bond donors (Lipinski definition) is 1. The highest BCUT2D eigenvalue weighted by atomic mass is 35.5. The van der Waals surface area contributed by atoms with Crippen molar-refractivity contribution in [2.45, 2.75) is 12.8 Å². The summed E-state index contributed by atoms with van der Waals surface area (Å²) in [5.74, 6) is 0.169. The van der Waals surface area contributed by atoms with E-state index < -0.39 is 0 Å². The number of esters is 1. The first-order valence-corrected chi connectivity index (χ1v) is 3.16. The van der Waals surface area contributed by atoms with Gasteiger partial charge in [-0.1, -0.05) is 0 Å². The van der Waals surface area contributed by atoms with Crippen LogP contribution in [0.5, 0.6) is 0 Å². The third-order valence-corrected chi connectivity index (χ3v) is 1.27. The average molecular weight is 166 g/mol. The van der Waals surface area contributed by atoms with E-state index in [4.69, 9.17) is 4.74 Å². The summed E-state index contributed by atoms with van der Waals surface area (Å²) in [6, 6.07) is 0. The second kappa shape index (κ2) is 4.52. The summed E-state index contributed by atoms with van der Waals surface area (Å²) < 4.78 is 4.77. The van der Waals surface area contributed by atoms with Crippen molar-refractivity contribution in [1.29, 1.82) is 0 Å². The van der Waals surface area contributed by atoms with E-state index in [0.717, 1.165) is 12.8 Å². The quantitative estimate of drug-likeness (QED) is 0.490. The van der Waals surface area contributed by atoms with Gasteiger partial charge in [0.25, 0.3) is 0 Å². The molecule has 0 atom stereocenters. The lowest BCUT2D eigenvalue weighted by Crippen LogP contribution is -2.17. The molecule has 0 bridgehead atoms. The maximum Gasteiger partial charge on any atom is 0.310 e. The summed E-state index contributed by atoms with van der Waals surface area (Å²) in [6.45, 7) is 0.343. The normalized spacial score (nSPS) is 15.7. The molecule has 0 aliphatic heterocycles. The summed E-state index contributed by atoms with van der Waals surface area (Å²) in [5, 5.41) is 2.74. The van der Waals surface area contributed by atoms with Crippen molar-refractivity contribution in [1.82, 2.24) is 5.32 Å². The van der Waals surface area contributed by atoms with Crippen molar-refractivity contribution >= 4 is 18.4 Å². The lowest BCUT2D eigenvalue weighted by molar-refractivity contribution is -0.145. The summed E-state index contributed by atoms with van der Waals surface area (Å²) in [6.07, 6.45) is 2.03. The fourth-order valence-electron chi connectivity index (χ4n) is 0.580. The zero-order valence-corrected chi connectivity index (χ0v) is 6.74. The van der Waals surface area contributed by atoms with Crippen LogP contribution in [-0.4, -0.2) is 19.7 Å². The Morgan fingerprint density at radius 2 is 2.30 bits per heavy atom. The minimum absolute atomic E-state index is 0. The maximum atomic E-state index is 10.7. The predicted octanol–water partition coefficient (Wildman–Crippen LogP) is 0.538. The Hall–Kier alpha value is -0.280. The van der Waals surface area contributed by atoms with Gasteiger partial charge in [0.15, 0.2) is 0 Å². The van der Waals surface area contributed by atoms with Crippen LogP contribution in [0.2, 0.25) is 0 Å². The molecule has 1 rings (SSSR count). The van der Waals surface area contributed by atoms with E-state index in [0.29, 0.717) is 6.73 Å². The second-order valence-corrected chi connectivity index (χ2v) is 2.24. The lowest BCUT2D eigenvalue weighted by Gasteiger charge is -1.99. The van der Waals surface area contributed by atoms with Gasteiger partial charge in [0.05, 0.1) is 5.92 Å². The van der Waals surface area contributed by atoms with Crippen molar-refractivity contribution in [3.05, 3.63) is 0 Å². The first kappa shape index (κ1) is 9.72. The van der Waals surface area contributed by atoms with E-state index in [-0.39, 0.29) is 24.3 Å². The molecule has 0 aromatic heterocycles. The van der Waals surface area contributed by atoms with Crippen LogP contribution in [0.4, 0.5) is 0 Å². The zero-order chi connectivity index (χ0) is 6.69. The van der Waals surface area contributed by atoms with Crippen LogP contribution in [0.3, 0.4) is 0 Å². The molecule has 1 fully saturated rings. The molecule has 1 aliphatic rings. The molecule has 0 amide bonds. The van der Waals surface area contributed by atoms with Gasteiger partial charge in [-0.05, 0) is 19.9 Å². The molecule has 60 valence electrons. The Kier molecular flexibility index (Phi) is 4.40. The summed E-state index contributed by atoms with van der Waals surface area (Å²) >= 11 is 0. The van der Waals surface area contributed by atoms with Gasteiger partial charge in [0, 0.05) is 0 Å². The smallest absolute Gasteiger partial charge is 0.310 e. The van der Waals surface area contributed by atoms with E-state index in [1.807, 2.05) is 0 Å². The second-order valence-electron chi connectivity index (χ2n) is 2.24. The van der Waals surface area contributed by atoms with Crippen molar-refractivity contribution in [3.8, 4) is 0 Å². The van der Waals surface area contributed by atoms with Crippen molar-refractivity contribution < 1.29 is 9.53 Å². The number of ether oxygens (including phenoxy) is 1. The molecule has 0 aromatic carbocycles. The van der Waals surface area contributed by atoms with Crippen LogP contribution in [0.15, 0.2) is 0 Å². The van der Waals surface area contributed by atoms with Crippen LogP contribution in [-0.2, 0) is 9.53 Å². The van der Waals surface area contributed by atoms with Crippen molar-refractivity contribution in [2.75, 3.05) is 13.8 Å². The Morgan fingerprint density at radius 1 is 1.70 bits per heavy atom. The molecule has 1 saturated carbocycles. The standard InChI is InChI=1S/C6H11NO2.ClH/c1-7-4-9-6(8)5-2-3-5;/h5,7H,2-4H2,1H3;1H. The molecule has 0 saturated heterocycles. The Bertz CT molecular complexity index is 114. The molecule has 0 radical (unpaired) electrons. The topological polar surface area (TPSA) is 38.3 Å². The molecule has 10 heavy (non-hydrogen) atoms. The number of carbonyl (C=O) groups excluding carboxylic acids is 1. The summed E-state index contributed by atoms with van der Waals surface area (Å²) in [4.78, 5) is 10.7. The molecular formula is C6H12ClNO2. The van der Waals surface area contributed by atoms with E-state index in [2.05, 4.69) is 5.32 Å². The molecule has 0 unspecified atom stereocenters. The van der Waals surface area contributed by atoms with E-state index in [1.165, 1.54) is 0 Å². The van der Waals surface area contributed by atoms with Crippen LogP contribution in [0.1, 0.15) is 12.8 Å². The predicted molar refractivity (Wildman–Crippen MR) is 40.0 cm³/mol. The number of carbonyl (C=O) groups is 1. The molecule has 4 heteroatoms. The Labute approximate surface area is 66.5 Å². The SMILES string of the molecule is CNCOC(=O)C1CC1.Cl. The lowest BCUT2D eigenvalue weighted by atomic mass is 10.4. The van der Waals surface area contributed by atoms with Gasteiger partial charge in [-0.3, -0.25) is 10.1 Å². The number of halogens is 1. The highest BCUT2D eigenvalue weighted by Crippen LogP contribution is 2.29. The van der Waals surface area contributed by atoms with Crippen LogP contribution < -0.4 is 5.32 Å². The van der Waals surface area contributed by atoms with E-state index in [9.17, 15) is 4.79 Å². The monoisotopic (exact) mass is 165 g/mol. The molecule has 3 nitrogen and oxygen atoms in total. The van der Waals surface area contributed by atoms with Crippen molar-refractivity contribution in [3.63, 3.8) is 0 Å². The van der Waals surface area contributed by atoms with Gasteiger partial charge in [0.2, 0.25) is 0 Å². The fraction of sp³-hybridized carbons (Fsp3) is 0.833. The average Bonchev–Trinajstić information content (AvgIpc) is 2.63. The van der Waals surface area contributed by atoms with Crippen LogP contribution in [0.25, 0.3) is 0 Å². The molecule has 0 heterocycles. The third kappa shape index (κ3) is 3.03. The minimum Gasteiger partial charge on any atom is -0.450 e. The van der Waals surface area contributed by atoms with Gasteiger partial charge in [-0.25, -0.2) is 0 Å². The van der Waals surface area contributed by atoms with E-state index >= 15 is 0 Å². The first-order chi connectivity index (χ1) is 4.34. The summed E-state index contributed by atoms with van der Waals surface area (Å²) in [7, 11) is 1.75. The molecular weight excluding hydrogens is 154 g/mol. The molecule has 1 aliphatic carbocycles. The van der Waals surface area contributed by atoms with Crippen LogP contribution >= 0.6 is 12.4 Å². The molecule has 0 aromatic rings. The number of nitrogens with one attached hydrogen (secondary N) is 1. The molecule has 1 N–H and O–H groups in total. The Morgan fingerprint density at radius 3 is 2.70 bits per heavy atom. The fourth-order valence-corrected chi connectivity index (χ4v) is 0.580. The minimum atomic E-state index is -0.0515. The van der Waals surface area contributed by atoms with E-state index in [1.54, 1.807) is 7.05 Å². The van der Waals surface area contributed by atoms with Gasteiger partial charge in [0.1, 0.15) is 6.73 Å². The van der Waals surface area contributed by atoms with Gasteiger partial charge < -0.3 is 4.74 Å². The first-order valence-electron chi connectivity index (χ1n) is 3.16. The zero-order valence-electron chi connectivity index (χ0n) is 5.92. The number of hydrogen-bond acceptors (Lipinski definition) is 3. The van der Waals surface area contributed by atoms with Crippen LogP contribution in [0, 0.1) is 5.92 Å². The van der Waals surface area contributed by atoms with Gasteiger partial charge >= 0.3 is 5.97 Å². The Balaban J connectivity index is 0.000000810. The van der Waals surface area contributed by atoms with Gasteiger partial charge in [-0.2, -0.15) is 0 Å². The number of rotatable bonds is 3. The summed E-state index contributed by atoms with van der Waals surface area (Å²) in [5.41, 5.74) is 0. The molecule has 0 spiro atoms. The highest BCUT2D eigenvalue weighted by molar-refractivity contribution is 5.85. The maximum absolute atomic E-state index is 10.7.